The number of esters is 1. The molecule has 0 heterocycles. The molecule has 0 spiro atoms. The first-order valence-corrected chi connectivity index (χ1v) is 8.09. The smallest absolute Gasteiger partial charge is 0.311 e. The Morgan fingerprint density at radius 2 is 1.92 bits per heavy atom. The van der Waals surface area contributed by atoms with Crippen LogP contribution in [0.2, 0.25) is 5.02 Å². The number of carbonyl (C=O) groups excluding carboxylic acids is 1. The van der Waals surface area contributed by atoms with E-state index < -0.39 is 0 Å². The number of hydrogen-bond acceptors (Lipinski definition) is 5. The molecule has 0 aliphatic heterocycles. The van der Waals surface area contributed by atoms with Gasteiger partial charge in [0, 0.05) is 17.5 Å². The third kappa shape index (κ3) is 5.40. The van der Waals surface area contributed by atoms with Gasteiger partial charge in [0.05, 0.1) is 25.3 Å². The molecule has 0 atom stereocenters. The lowest BCUT2D eigenvalue weighted by molar-refractivity contribution is -0.134. The normalized spacial score (nSPS) is 10.0. The summed E-state index contributed by atoms with van der Waals surface area (Å²) in [5.41, 5.74) is 1.38. The van der Waals surface area contributed by atoms with Crippen LogP contribution in [-0.2, 0) is 4.79 Å². The lowest BCUT2D eigenvalue weighted by Gasteiger charge is -2.10. The summed E-state index contributed by atoms with van der Waals surface area (Å²) in [7, 11) is 1.45. The molecule has 0 N–H and O–H groups in total. The number of hydrogen-bond donors (Lipinski definition) is 0. The van der Waals surface area contributed by atoms with Crippen molar-refractivity contribution in [1.82, 2.24) is 0 Å². The highest BCUT2D eigenvalue weighted by atomic mass is 35.5. The molecule has 2 rings (SSSR count). The highest BCUT2D eigenvalue weighted by molar-refractivity contribution is 6.30. The van der Waals surface area contributed by atoms with Gasteiger partial charge in [0.15, 0.2) is 11.5 Å². The van der Waals surface area contributed by atoms with Gasteiger partial charge in [0.1, 0.15) is 5.75 Å². The number of aryl methyl sites for hydroxylation is 1. The minimum Gasteiger partial charge on any atom is -0.493 e. The third-order valence-electron chi connectivity index (χ3n) is 3.44. The summed E-state index contributed by atoms with van der Waals surface area (Å²) in [5, 5.41) is 9.52. The summed E-state index contributed by atoms with van der Waals surface area (Å²) < 4.78 is 16.1. The third-order valence-corrected chi connectivity index (χ3v) is 3.67. The molecule has 0 saturated carbocycles. The van der Waals surface area contributed by atoms with Crippen molar-refractivity contribution in [2.75, 3.05) is 13.7 Å². The van der Waals surface area contributed by atoms with E-state index in [1.807, 2.05) is 19.1 Å². The summed E-state index contributed by atoms with van der Waals surface area (Å²) in [6, 6.07) is 12.0. The second-order valence-corrected chi connectivity index (χ2v) is 5.75. The molecule has 25 heavy (non-hydrogen) atoms. The van der Waals surface area contributed by atoms with E-state index >= 15 is 0 Å². The average molecular weight is 360 g/mol. The Kier molecular flexibility index (Phi) is 6.67. The fraction of sp³-hybridized carbons (Fsp3) is 0.263. The first kappa shape index (κ1) is 18.6. The van der Waals surface area contributed by atoms with E-state index in [0.29, 0.717) is 35.1 Å². The van der Waals surface area contributed by atoms with Gasteiger partial charge in [-0.2, -0.15) is 5.26 Å². The Labute approximate surface area is 151 Å². The molecule has 0 fully saturated rings. The highest BCUT2D eigenvalue weighted by Crippen LogP contribution is 2.28. The molecular weight excluding hydrogens is 342 g/mol. The van der Waals surface area contributed by atoms with Crippen LogP contribution in [0.15, 0.2) is 36.4 Å². The van der Waals surface area contributed by atoms with Crippen LogP contribution in [0.3, 0.4) is 0 Å². The summed E-state index contributed by atoms with van der Waals surface area (Å²) >= 11 is 5.90. The van der Waals surface area contributed by atoms with Crippen molar-refractivity contribution in [3.63, 3.8) is 0 Å². The van der Waals surface area contributed by atoms with E-state index in [1.165, 1.54) is 13.2 Å². The van der Waals surface area contributed by atoms with E-state index in [9.17, 15) is 4.79 Å². The van der Waals surface area contributed by atoms with Gasteiger partial charge >= 0.3 is 5.97 Å². The van der Waals surface area contributed by atoms with Crippen LogP contribution in [0, 0.1) is 18.3 Å². The first-order chi connectivity index (χ1) is 12.0. The van der Waals surface area contributed by atoms with Crippen LogP contribution < -0.4 is 14.2 Å². The maximum absolute atomic E-state index is 11.9. The van der Waals surface area contributed by atoms with Crippen molar-refractivity contribution in [2.45, 2.75) is 19.8 Å². The minimum absolute atomic E-state index is 0.204. The lowest BCUT2D eigenvalue weighted by Crippen LogP contribution is -2.10. The summed E-state index contributed by atoms with van der Waals surface area (Å²) in [4.78, 5) is 11.9. The molecular formula is C19H18ClNO4. The minimum atomic E-state index is -0.389. The monoisotopic (exact) mass is 359 g/mol. The summed E-state index contributed by atoms with van der Waals surface area (Å²) in [6.07, 6.45) is 0.718. The van der Waals surface area contributed by atoms with Crippen molar-refractivity contribution in [3.05, 3.63) is 52.5 Å². The first-order valence-electron chi connectivity index (χ1n) is 7.71. The van der Waals surface area contributed by atoms with Crippen LogP contribution in [0.1, 0.15) is 24.0 Å². The lowest BCUT2D eigenvalue weighted by atomic mass is 10.2. The average Bonchev–Trinajstić information content (AvgIpc) is 2.60. The standard InChI is InChI=1S/C19H18ClNO4/c1-13-10-15(20)6-8-16(13)24-9-3-4-19(22)25-17-7-5-14(12-21)11-18(17)23-2/h5-8,10-11H,3-4,9H2,1-2H3. The Morgan fingerprint density at radius 3 is 2.60 bits per heavy atom. The predicted molar refractivity (Wildman–Crippen MR) is 94.3 cm³/mol. The van der Waals surface area contributed by atoms with E-state index in [0.717, 1.165) is 11.3 Å². The van der Waals surface area contributed by atoms with Crippen molar-refractivity contribution in [1.29, 1.82) is 5.26 Å². The maximum Gasteiger partial charge on any atom is 0.311 e. The van der Waals surface area contributed by atoms with Gasteiger partial charge in [-0.25, -0.2) is 0 Å². The van der Waals surface area contributed by atoms with Gasteiger partial charge in [-0.15, -0.1) is 0 Å². The van der Waals surface area contributed by atoms with Crippen molar-refractivity contribution >= 4 is 17.6 Å². The molecule has 0 unspecified atom stereocenters. The maximum atomic E-state index is 11.9. The highest BCUT2D eigenvalue weighted by Gasteiger charge is 2.11. The zero-order chi connectivity index (χ0) is 18.2. The molecule has 0 aliphatic rings. The molecule has 0 radical (unpaired) electrons. The van der Waals surface area contributed by atoms with Crippen molar-refractivity contribution < 1.29 is 19.0 Å². The number of benzene rings is 2. The molecule has 0 aromatic heterocycles. The van der Waals surface area contributed by atoms with Gasteiger partial charge in [-0.05, 0) is 49.2 Å². The number of ether oxygens (including phenoxy) is 3. The fourth-order valence-electron chi connectivity index (χ4n) is 2.17. The van der Waals surface area contributed by atoms with Crippen LogP contribution in [0.4, 0.5) is 0 Å². The van der Waals surface area contributed by atoms with E-state index in [-0.39, 0.29) is 12.4 Å². The summed E-state index contributed by atoms with van der Waals surface area (Å²) in [5.74, 6) is 0.993. The number of nitrogens with zero attached hydrogens (tertiary/aromatic N) is 1. The molecule has 0 amide bonds. The molecule has 6 heteroatoms. The van der Waals surface area contributed by atoms with Gasteiger partial charge in [-0.3, -0.25) is 4.79 Å². The van der Waals surface area contributed by atoms with Crippen LogP contribution in [0.5, 0.6) is 17.2 Å². The van der Waals surface area contributed by atoms with Crippen molar-refractivity contribution in [3.8, 4) is 23.3 Å². The Morgan fingerprint density at radius 1 is 1.16 bits per heavy atom. The Hall–Kier alpha value is -2.71. The second kappa shape index (κ2) is 8.95. The molecule has 5 nitrogen and oxygen atoms in total. The molecule has 130 valence electrons. The van der Waals surface area contributed by atoms with Crippen molar-refractivity contribution in [2.24, 2.45) is 0 Å². The van der Waals surface area contributed by atoms with Crippen LogP contribution in [0.25, 0.3) is 0 Å². The topological polar surface area (TPSA) is 68.5 Å². The molecule has 0 saturated heterocycles. The molecule has 0 aliphatic carbocycles. The molecule has 0 bridgehead atoms. The number of halogens is 1. The second-order valence-electron chi connectivity index (χ2n) is 5.31. The van der Waals surface area contributed by atoms with Gasteiger partial charge in [0.2, 0.25) is 0 Å². The van der Waals surface area contributed by atoms with Crippen LogP contribution >= 0.6 is 11.6 Å². The zero-order valence-electron chi connectivity index (χ0n) is 14.0. The van der Waals surface area contributed by atoms with Gasteiger partial charge in [-0.1, -0.05) is 11.6 Å². The quantitative estimate of drug-likeness (QED) is 0.419. The van der Waals surface area contributed by atoms with Crippen LogP contribution in [-0.4, -0.2) is 19.7 Å². The van der Waals surface area contributed by atoms with Gasteiger partial charge < -0.3 is 14.2 Å². The summed E-state index contributed by atoms with van der Waals surface area (Å²) in [6.45, 7) is 2.30. The Bertz CT molecular complexity index is 798. The zero-order valence-corrected chi connectivity index (χ0v) is 14.8. The van der Waals surface area contributed by atoms with E-state index in [2.05, 4.69) is 0 Å². The van der Waals surface area contributed by atoms with E-state index in [1.54, 1.807) is 24.3 Å². The number of methoxy groups -OCH3 is 1. The largest absolute Gasteiger partial charge is 0.493 e. The number of nitriles is 1. The molecule has 2 aromatic rings. The number of rotatable bonds is 7. The Balaban J connectivity index is 1.82. The SMILES string of the molecule is COc1cc(C#N)ccc1OC(=O)CCCOc1ccc(Cl)cc1C. The molecule has 2 aromatic carbocycles. The van der Waals surface area contributed by atoms with E-state index in [4.69, 9.17) is 31.1 Å². The fourth-order valence-corrected chi connectivity index (χ4v) is 2.40. The predicted octanol–water partition coefficient (Wildman–Crippen LogP) is 4.29. The number of carbonyl (C=O) groups is 1. The van der Waals surface area contributed by atoms with Gasteiger partial charge in [0.25, 0.3) is 0 Å².